The van der Waals surface area contributed by atoms with Gasteiger partial charge in [-0.2, -0.15) is 0 Å². The van der Waals surface area contributed by atoms with E-state index in [0.29, 0.717) is 37.8 Å². The summed E-state index contributed by atoms with van der Waals surface area (Å²) in [5.74, 6) is -2.32. The second-order valence-electron chi connectivity index (χ2n) is 15.2. The fourth-order valence-electron chi connectivity index (χ4n) is 8.01. The predicted molar refractivity (Wildman–Crippen MR) is 207 cm³/mol. The first kappa shape index (κ1) is 41.6. The summed E-state index contributed by atoms with van der Waals surface area (Å²) in [6, 6.07) is 4.72. The Balaban J connectivity index is 1.08. The number of carbonyl (C=O) groups is 4. The van der Waals surface area contributed by atoms with Crippen LogP contribution in [0.4, 0.5) is 0 Å². The van der Waals surface area contributed by atoms with Crippen molar-refractivity contribution in [3.8, 4) is 11.4 Å². The molecule has 57 heavy (non-hydrogen) atoms. The van der Waals surface area contributed by atoms with Crippen LogP contribution in [0.3, 0.4) is 0 Å². The number of nitrogens with zero attached hydrogens (tertiary/aromatic N) is 5. The van der Waals surface area contributed by atoms with E-state index in [0.717, 1.165) is 52.4 Å². The van der Waals surface area contributed by atoms with E-state index in [1.807, 2.05) is 26.0 Å². The van der Waals surface area contributed by atoms with E-state index in [1.165, 1.54) is 0 Å². The number of cyclic esters (lactones) is 1. The maximum absolute atomic E-state index is 13.8. The Morgan fingerprint density at radius 3 is 2.47 bits per heavy atom. The standard InChI is InChI=1S/C41H50N6O10/c1-5-41(53)32-19-34-37-30(20-47(34)39(51)31(32)22-57-40(41)52)28-8-6-7-27-25(9-10-33(45-37)36(27)28)17-35(49)24(4)44-38(50)29(23(2)3)18-26(48)21-56-16-15-55-14-13-54-12-11-43-46-42/h9-10,19,23-24,29,53H,5-8,11-18,20-22H2,1-4H3,(H,44,50)/t24-,29?,41-/m0/s1. The molecule has 2 aromatic heterocycles. The summed E-state index contributed by atoms with van der Waals surface area (Å²) in [4.78, 5) is 73.8. The smallest absolute Gasteiger partial charge is 0.343 e. The quantitative estimate of drug-likeness (QED) is 0.0432. The van der Waals surface area contributed by atoms with E-state index in [4.69, 9.17) is 29.5 Å². The van der Waals surface area contributed by atoms with Gasteiger partial charge in [-0.3, -0.25) is 19.2 Å². The van der Waals surface area contributed by atoms with Crippen LogP contribution in [0, 0.1) is 11.8 Å². The molecule has 3 aliphatic rings. The molecule has 6 rings (SSSR count). The molecule has 3 atom stereocenters. The molecule has 0 saturated heterocycles. The number of aromatic nitrogens is 2. The number of aryl methyl sites for hydroxylation is 2. The number of amides is 1. The predicted octanol–water partition coefficient (Wildman–Crippen LogP) is 3.78. The molecule has 2 N–H and O–H groups in total. The fourth-order valence-corrected chi connectivity index (χ4v) is 8.01. The third-order valence-corrected chi connectivity index (χ3v) is 11.2. The molecule has 0 radical (unpaired) electrons. The van der Waals surface area contributed by atoms with Gasteiger partial charge in [-0.05, 0) is 72.9 Å². The van der Waals surface area contributed by atoms with Crippen LogP contribution in [0.2, 0.25) is 0 Å². The summed E-state index contributed by atoms with van der Waals surface area (Å²) in [6.07, 6.45) is 2.50. The first-order valence-corrected chi connectivity index (χ1v) is 19.6. The van der Waals surface area contributed by atoms with Crippen LogP contribution in [-0.2, 0) is 76.1 Å². The number of nitrogens with one attached hydrogen (secondary N) is 1. The Morgan fingerprint density at radius 2 is 1.75 bits per heavy atom. The highest BCUT2D eigenvalue weighted by Crippen LogP contribution is 2.43. The number of ketones is 2. The van der Waals surface area contributed by atoms with Gasteiger partial charge in [0, 0.05) is 46.7 Å². The zero-order valence-electron chi connectivity index (χ0n) is 32.9. The minimum Gasteiger partial charge on any atom is -0.458 e. The number of rotatable bonds is 20. The maximum Gasteiger partial charge on any atom is 0.343 e. The normalized spacial score (nSPS) is 17.6. The number of hydrogen-bond donors (Lipinski definition) is 2. The molecule has 0 spiro atoms. The van der Waals surface area contributed by atoms with E-state index in [2.05, 4.69) is 15.3 Å². The molecule has 0 fully saturated rings. The number of aliphatic hydroxyl groups is 1. The van der Waals surface area contributed by atoms with Crippen LogP contribution >= 0.6 is 0 Å². The zero-order valence-corrected chi connectivity index (χ0v) is 32.9. The lowest BCUT2D eigenvalue weighted by Crippen LogP contribution is -2.44. The number of azide groups is 1. The molecule has 16 heteroatoms. The lowest BCUT2D eigenvalue weighted by atomic mass is 9.83. The highest BCUT2D eigenvalue weighted by atomic mass is 16.6. The average molecular weight is 787 g/mol. The molecule has 1 unspecified atom stereocenters. The molecule has 16 nitrogen and oxygen atoms in total. The van der Waals surface area contributed by atoms with E-state index in [-0.39, 0.29) is 92.3 Å². The van der Waals surface area contributed by atoms with Crippen molar-refractivity contribution in [3.05, 3.63) is 72.4 Å². The van der Waals surface area contributed by atoms with Crippen molar-refractivity contribution < 1.29 is 43.2 Å². The van der Waals surface area contributed by atoms with Crippen LogP contribution in [-0.4, -0.2) is 90.3 Å². The molecule has 2 aliphatic heterocycles. The minimum absolute atomic E-state index is 0.0246. The molecule has 1 aliphatic carbocycles. The maximum atomic E-state index is 13.8. The average Bonchev–Trinajstić information content (AvgIpc) is 3.57. The summed E-state index contributed by atoms with van der Waals surface area (Å²) >= 11 is 0. The van der Waals surface area contributed by atoms with E-state index in [9.17, 15) is 29.1 Å². The number of pyridine rings is 2. The second-order valence-corrected chi connectivity index (χ2v) is 15.2. The van der Waals surface area contributed by atoms with Crippen LogP contribution < -0.4 is 10.9 Å². The van der Waals surface area contributed by atoms with Crippen LogP contribution in [0.5, 0.6) is 0 Å². The number of ether oxygens (including phenoxy) is 4. The van der Waals surface area contributed by atoms with Crippen molar-refractivity contribution >= 4 is 34.3 Å². The Bertz CT molecular complexity index is 2180. The third-order valence-electron chi connectivity index (χ3n) is 11.2. The van der Waals surface area contributed by atoms with Crippen molar-refractivity contribution in [2.45, 2.75) is 91.0 Å². The fraction of sp³-hybridized carbons (Fsp3) is 0.561. The first-order chi connectivity index (χ1) is 27.4. The molecule has 304 valence electrons. The van der Waals surface area contributed by atoms with Gasteiger partial charge >= 0.3 is 5.97 Å². The van der Waals surface area contributed by atoms with Crippen molar-refractivity contribution in [2.24, 2.45) is 17.0 Å². The SMILES string of the molecule is CC[C@@]1(O)C(=O)OCc2c1cc1n(c2=O)Cc2c-1nc1ccc(CC(=O)[C@H](C)NC(=O)C(CC(=O)COCCOCCOCCN=[N+]=[N-])C(C)C)c3c1c2CCC3. The molecule has 0 bridgehead atoms. The summed E-state index contributed by atoms with van der Waals surface area (Å²) < 4.78 is 23.0. The van der Waals surface area contributed by atoms with Crippen LogP contribution in [0.15, 0.2) is 28.1 Å². The van der Waals surface area contributed by atoms with Crippen molar-refractivity contribution in [1.29, 1.82) is 0 Å². The lowest BCUT2D eigenvalue weighted by molar-refractivity contribution is -0.172. The van der Waals surface area contributed by atoms with Gasteiger partial charge in [-0.25, -0.2) is 9.78 Å². The molecule has 4 heterocycles. The Labute approximate surface area is 329 Å². The van der Waals surface area contributed by atoms with Gasteiger partial charge in [0.15, 0.2) is 17.2 Å². The van der Waals surface area contributed by atoms with Gasteiger partial charge in [-0.1, -0.05) is 32.0 Å². The Kier molecular flexibility index (Phi) is 13.2. The van der Waals surface area contributed by atoms with Crippen molar-refractivity contribution in [2.75, 3.05) is 46.2 Å². The highest BCUT2D eigenvalue weighted by molar-refractivity contribution is 5.96. The number of carbonyl (C=O) groups excluding carboxylic acids is 4. The molecular weight excluding hydrogens is 736 g/mol. The van der Waals surface area contributed by atoms with Crippen LogP contribution in [0.1, 0.15) is 80.3 Å². The number of Topliss-reactive ketones (excluding diaryl/α,β-unsaturated/α-hetero) is 2. The second kappa shape index (κ2) is 18.1. The topological polar surface area (TPSA) is 221 Å². The largest absolute Gasteiger partial charge is 0.458 e. The Hall–Kier alpha value is -4.99. The van der Waals surface area contributed by atoms with E-state index in [1.54, 1.807) is 24.5 Å². The molecule has 1 amide bonds. The minimum atomic E-state index is -1.91. The van der Waals surface area contributed by atoms with Gasteiger partial charge in [0.1, 0.15) is 13.2 Å². The van der Waals surface area contributed by atoms with Gasteiger partial charge in [0.2, 0.25) is 5.91 Å². The van der Waals surface area contributed by atoms with Gasteiger partial charge in [-0.15, -0.1) is 0 Å². The third kappa shape index (κ3) is 8.65. The van der Waals surface area contributed by atoms with Crippen molar-refractivity contribution in [1.82, 2.24) is 14.9 Å². The summed E-state index contributed by atoms with van der Waals surface area (Å²) in [5.41, 5.74) is 12.4. The zero-order chi connectivity index (χ0) is 40.9. The van der Waals surface area contributed by atoms with Crippen molar-refractivity contribution in [3.63, 3.8) is 0 Å². The number of esters is 1. The van der Waals surface area contributed by atoms with E-state index >= 15 is 0 Å². The monoisotopic (exact) mass is 786 g/mol. The van der Waals surface area contributed by atoms with Crippen LogP contribution in [0.25, 0.3) is 32.7 Å². The van der Waals surface area contributed by atoms with Gasteiger partial charge in [0.25, 0.3) is 5.56 Å². The highest BCUT2D eigenvalue weighted by Gasteiger charge is 2.45. The molecule has 0 saturated carbocycles. The summed E-state index contributed by atoms with van der Waals surface area (Å²) in [5, 5.41) is 18.5. The number of benzene rings is 1. The lowest BCUT2D eigenvalue weighted by Gasteiger charge is -2.31. The number of hydrogen-bond acceptors (Lipinski definition) is 12. The molecule has 1 aromatic carbocycles. The summed E-state index contributed by atoms with van der Waals surface area (Å²) in [7, 11) is 0. The first-order valence-electron chi connectivity index (χ1n) is 19.6. The molecule has 3 aromatic rings. The van der Waals surface area contributed by atoms with Gasteiger partial charge in [0.05, 0.1) is 68.1 Å². The van der Waals surface area contributed by atoms with E-state index < -0.39 is 23.5 Å². The molecular formula is C41H50N6O10. The Morgan fingerprint density at radius 1 is 1.04 bits per heavy atom. The summed E-state index contributed by atoms with van der Waals surface area (Å²) in [6.45, 7) is 8.70. The van der Waals surface area contributed by atoms with Gasteiger partial charge < -0.3 is 33.9 Å². The number of fused-ring (bicyclic) bond motifs is 5.